The summed E-state index contributed by atoms with van der Waals surface area (Å²) >= 11 is 0. The third-order valence-electron chi connectivity index (χ3n) is 2.00. The van der Waals surface area contributed by atoms with Gasteiger partial charge in [-0.2, -0.15) is 0 Å². The van der Waals surface area contributed by atoms with Crippen LogP contribution in [0.15, 0.2) is 48.1 Å². The molecule has 0 amide bonds. The maximum Gasteiger partial charge on any atom is 0.0820 e. The fourth-order valence-corrected chi connectivity index (χ4v) is 1.23. The summed E-state index contributed by atoms with van der Waals surface area (Å²) in [6.07, 6.45) is 2.16. The van der Waals surface area contributed by atoms with Crippen molar-refractivity contribution in [2.75, 3.05) is 0 Å². The first-order chi connectivity index (χ1) is 6.79. The first-order valence-electron chi connectivity index (χ1n) is 4.42. The maximum absolute atomic E-state index is 8.75. The summed E-state index contributed by atoms with van der Waals surface area (Å²) < 4.78 is 0. The summed E-state index contributed by atoms with van der Waals surface area (Å²) in [5.74, 6) is 0. The molecular weight excluding hydrogens is 176 g/mol. The number of hydrogen-bond acceptors (Lipinski definition) is 3. The molecule has 0 fully saturated rings. The zero-order valence-corrected chi connectivity index (χ0v) is 7.93. The lowest BCUT2D eigenvalue weighted by Crippen LogP contribution is -2.20. The van der Waals surface area contributed by atoms with Crippen LogP contribution in [-0.2, 0) is 0 Å². The molecule has 0 aliphatic carbocycles. The summed E-state index contributed by atoms with van der Waals surface area (Å²) in [5, 5.41) is 11.9. The molecule has 1 rings (SSSR count). The van der Waals surface area contributed by atoms with Crippen LogP contribution < -0.4 is 5.73 Å². The minimum absolute atomic E-state index is 0.362. The standard InChI is InChI=1S/C11H14N2O/c1-2-6-10(13-14)11(12)9-7-4-3-5-8-9/h2-5,7-8,11,14H,1,6,12H2/b13-10+. The van der Waals surface area contributed by atoms with Gasteiger partial charge < -0.3 is 10.9 Å². The fraction of sp³-hybridized carbons (Fsp3) is 0.182. The van der Waals surface area contributed by atoms with Crippen molar-refractivity contribution < 1.29 is 5.21 Å². The van der Waals surface area contributed by atoms with Crippen LogP contribution in [0.3, 0.4) is 0 Å². The quantitative estimate of drug-likeness (QED) is 0.330. The van der Waals surface area contributed by atoms with Gasteiger partial charge in [0.05, 0.1) is 11.8 Å². The number of hydrogen-bond donors (Lipinski definition) is 2. The molecule has 1 atom stereocenters. The second-order valence-corrected chi connectivity index (χ2v) is 2.97. The molecule has 0 saturated heterocycles. The second-order valence-electron chi connectivity index (χ2n) is 2.97. The number of oxime groups is 1. The summed E-state index contributed by atoms with van der Waals surface area (Å²) in [7, 11) is 0. The predicted octanol–water partition coefficient (Wildman–Crippen LogP) is 2.09. The highest BCUT2D eigenvalue weighted by Gasteiger charge is 2.11. The summed E-state index contributed by atoms with van der Waals surface area (Å²) in [5.41, 5.74) is 7.35. The minimum Gasteiger partial charge on any atom is -0.411 e. The Kier molecular flexibility index (Phi) is 3.88. The number of rotatable bonds is 4. The van der Waals surface area contributed by atoms with E-state index in [-0.39, 0.29) is 6.04 Å². The smallest absolute Gasteiger partial charge is 0.0820 e. The monoisotopic (exact) mass is 190 g/mol. The van der Waals surface area contributed by atoms with E-state index in [0.717, 1.165) is 5.56 Å². The Labute approximate surface area is 83.5 Å². The highest BCUT2D eigenvalue weighted by molar-refractivity contribution is 5.90. The Bertz CT molecular complexity index is 319. The first-order valence-corrected chi connectivity index (χ1v) is 4.42. The van der Waals surface area contributed by atoms with Gasteiger partial charge >= 0.3 is 0 Å². The molecule has 1 aromatic rings. The van der Waals surface area contributed by atoms with Crippen molar-refractivity contribution >= 4 is 5.71 Å². The van der Waals surface area contributed by atoms with Crippen LogP contribution in [0.4, 0.5) is 0 Å². The van der Waals surface area contributed by atoms with Crippen LogP contribution in [0.1, 0.15) is 18.0 Å². The molecule has 0 aliphatic rings. The molecular formula is C11H14N2O. The number of nitrogens with zero attached hydrogens (tertiary/aromatic N) is 1. The lowest BCUT2D eigenvalue weighted by molar-refractivity contribution is 0.316. The lowest BCUT2D eigenvalue weighted by atomic mass is 10.0. The molecule has 0 saturated carbocycles. The second kappa shape index (κ2) is 5.19. The van der Waals surface area contributed by atoms with Gasteiger partial charge in [-0.15, -0.1) is 6.58 Å². The summed E-state index contributed by atoms with van der Waals surface area (Å²) in [6, 6.07) is 9.16. The van der Waals surface area contributed by atoms with Gasteiger partial charge in [-0.3, -0.25) is 0 Å². The fourth-order valence-electron chi connectivity index (χ4n) is 1.23. The predicted molar refractivity (Wildman–Crippen MR) is 57.4 cm³/mol. The van der Waals surface area contributed by atoms with Gasteiger partial charge in [-0.1, -0.05) is 41.6 Å². The number of benzene rings is 1. The molecule has 1 unspecified atom stereocenters. The van der Waals surface area contributed by atoms with Gasteiger partial charge in [0.15, 0.2) is 0 Å². The molecule has 3 heteroatoms. The van der Waals surface area contributed by atoms with Crippen LogP contribution in [0.2, 0.25) is 0 Å². The average Bonchev–Trinajstić information content (AvgIpc) is 2.26. The van der Waals surface area contributed by atoms with Gasteiger partial charge in [-0.25, -0.2) is 0 Å². The van der Waals surface area contributed by atoms with E-state index < -0.39 is 0 Å². The highest BCUT2D eigenvalue weighted by Crippen LogP contribution is 2.13. The molecule has 0 aliphatic heterocycles. The topological polar surface area (TPSA) is 58.6 Å². The van der Waals surface area contributed by atoms with E-state index in [9.17, 15) is 0 Å². The Morgan fingerprint density at radius 2 is 2.14 bits per heavy atom. The van der Waals surface area contributed by atoms with Gasteiger partial charge in [-0.05, 0) is 5.56 Å². The maximum atomic E-state index is 8.75. The van der Waals surface area contributed by atoms with Gasteiger partial charge in [0.2, 0.25) is 0 Å². The molecule has 3 nitrogen and oxygen atoms in total. The number of nitrogens with two attached hydrogens (primary N) is 1. The van der Waals surface area contributed by atoms with E-state index in [0.29, 0.717) is 12.1 Å². The van der Waals surface area contributed by atoms with Crippen molar-refractivity contribution in [1.29, 1.82) is 0 Å². The van der Waals surface area contributed by atoms with Crippen LogP contribution in [-0.4, -0.2) is 10.9 Å². The van der Waals surface area contributed by atoms with E-state index in [2.05, 4.69) is 11.7 Å². The Balaban J connectivity index is 2.83. The Morgan fingerprint density at radius 3 is 2.64 bits per heavy atom. The van der Waals surface area contributed by atoms with Gasteiger partial charge in [0.1, 0.15) is 0 Å². The van der Waals surface area contributed by atoms with Gasteiger partial charge in [0, 0.05) is 6.42 Å². The third kappa shape index (κ3) is 2.44. The van der Waals surface area contributed by atoms with Crippen molar-refractivity contribution in [3.63, 3.8) is 0 Å². The van der Waals surface area contributed by atoms with Gasteiger partial charge in [0.25, 0.3) is 0 Å². The van der Waals surface area contributed by atoms with E-state index in [1.165, 1.54) is 0 Å². The van der Waals surface area contributed by atoms with Crippen molar-refractivity contribution in [3.8, 4) is 0 Å². The molecule has 0 aromatic heterocycles. The van der Waals surface area contributed by atoms with Crippen molar-refractivity contribution in [2.45, 2.75) is 12.5 Å². The van der Waals surface area contributed by atoms with Crippen LogP contribution in [0.5, 0.6) is 0 Å². The van der Waals surface area contributed by atoms with E-state index in [1.54, 1.807) is 6.08 Å². The van der Waals surface area contributed by atoms with E-state index >= 15 is 0 Å². The van der Waals surface area contributed by atoms with Crippen LogP contribution in [0.25, 0.3) is 0 Å². The molecule has 74 valence electrons. The SMILES string of the molecule is C=CC/C(=N\O)C(N)c1ccccc1. The van der Waals surface area contributed by atoms with Crippen molar-refractivity contribution in [1.82, 2.24) is 0 Å². The first kappa shape index (κ1) is 10.5. The lowest BCUT2D eigenvalue weighted by Gasteiger charge is -2.11. The molecule has 14 heavy (non-hydrogen) atoms. The van der Waals surface area contributed by atoms with Crippen LogP contribution >= 0.6 is 0 Å². The normalized spacial score (nSPS) is 13.6. The van der Waals surface area contributed by atoms with E-state index in [4.69, 9.17) is 10.9 Å². The Morgan fingerprint density at radius 1 is 1.50 bits per heavy atom. The number of allylic oxidation sites excluding steroid dienone is 1. The van der Waals surface area contributed by atoms with Crippen LogP contribution in [0, 0.1) is 0 Å². The third-order valence-corrected chi connectivity index (χ3v) is 2.00. The van der Waals surface area contributed by atoms with E-state index in [1.807, 2.05) is 30.3 Å². The zero-order valence-electron chi connectivity index (χ0n) is 7.93. The molecule has 0 spiro atoms. The van der Waals surface area contributed by atoms with Crippen molar-refractivity contribution in [2.24, 2.45) is 10.9 Å². The Hall–Kier alpha value is -1.61. The molecule has 0 bridgehead atoms. The summed E-state index contributed by atoms with van der Waals surface area (Å²) in [4.78, 5) is 0. The van der Waals surface area contributed by atoms with Crippen molar-refractivity contribution in [3.05, 3.63) is 48.6 Å². The molecule has 1 aromatic carbocycles. The largest absolute Gasteiger partial charge is 0.411 e. The zero-order chi connectivity index (χ0) is 10.4. The summed E-state index contributed by atoms with van der Waals surface area (Å²) in [6.45, 7) is 3.58. The molecule has 3 N–H and O–H groups in total. The molecule has 0 radical (unpaired) electrons. The highest BCUT2D eigenvalue weighted by atomic mass is 16.4. The average molecular weight is 190 g/mol. The minimum atomic E-state index is -0.362. The molecule has 0 heterocycles.